The zero-order valence-electron chi connectivity index (χ0n) is 19.4. The number of halogens is 1. The molecule has 35 heavy (non-hydrogen) atoms. The van der Waals surface area contributed by atoms with E-state index in [1.807, 2.05) is 60.0 Å². The highest BCUT2D eigenvalue weighted by molar-refractivity contribution is 7.99. The Morgan fingerprint density at radius 1 is 1.03 bits per heavy atom. The topological polar surface area (TPSA) is 78.3 Å². The second kappa shape index (κ2) is 11.5. The van der Waals surface area contributed by atoms with Crippen LogP contribution in [-0.2, 0) is 11.3 Å². The van der Waals surface area contributed by atoms with Gasteiger partial charge in [0.05, 0.1) is 19.5 Å². The maximum absolute atomic E-state index is 13.1. The Bertz CT molecular complexity index is 1280. The Kier molecular flexibility index (Phi) is 7.99. The Balaban J connectivity index is 1.55. The van der Waals surface area contributed by atoms with Crippen molar-refractivity contribution in [3.05, 3.63) is 84.2 Å². The third-order valence-corrected chi connectivity index (χ3v) is 6.03. The fourth-order valence-electron chi connectivity index (χ4n) is 3.39. The Morgan fingerprint density at radius 3 is 2.51 bits per heavy atom. The van der Waals surface area contributed by atoms with Gasteiger partial charge in [-0.25, -0.2) is 4.39 Å². The number of benzene rings is 3. The Morgan fingerprint density at radius 2 is 1.80 bits per heavy atom. The number of rotatable bonds is 10. The van der Waals surface area contributed by atoms with Gasteiger partial charge in [0.15, 0.2) is 11.0 Å². The van der Waals surface area contributed by atoms with Gasteiger partial charge in [-0.1, -0.05) is 36.0 Å². The van der Waals surface area contributed by atoms with Gasteiger partial charge in [-0.2, -0.15) is 0 Å². The number of methoxy groups -OCH3 is 1. The summed E-state index contributed by atoms with van der Waals surface area (Å²) in [5, 5.41) is 12.2. The third-order valence-electron chi connectivity index (χ3n) is 5.10. The van der Waals surface area contributed by atoms with Crippen molar-refractivity contribution in [2.45, 2.75) is 18.6 Å². The van der Waals surface area contributed by atoms with Crippen molar-refractivity contribution in [3.8, 4) is 28.6 Å². The first kappa shape index (κ1) is 24.3. The SMILES string of the molecule is CCOc1ccc(-n2c(SCC(=O)NCc3ccc(F)cc3)nnc2-c2cccc(OC)c2)cc1. The summed E-state index contributed by atoms with van der Waals surface area (Å²) in [7, 11) is 1.61. The predicted octanol–water partition coefficient (Wildman–Crippen LogP) is 4.89. The molecule has 0 aliphatic heterocycles. The summed E-state index contributed by atoms with van der Waals surface area (Å²) in [5.41, 5.74) is 2.49. The molecular formula is C26H25FN4O3S. The van der Waals surface area contributed by atoms with Crippen molar-refractivity contribution < 1.29 is 18.7 Å². The number of hydrogen-bond acceptors (Lipinski definition) is 6. The van der Waals surface area contributed by atoms with Crippen molar-refractivity contribution in [2.24, 2.45) is 0 Å². The lowest BCUT2D eigenvalue weighted by Crippen LogP contribution is -2.24. The largest absolute Gasteiger partial charge is 0.497 e. The van der Waals surface area contributed by atoms with Gasteiger partial charge in [-0.3, -0.25) is 9.36 Å². The first-order valence-electron chi connectivity index (χ1n) is 11.0. The van der Waals surface area contributed by atoms with Crippen molar-refractivity contribution in [2.75, 3.05) is 19.5 Å². The van der Waals surface area contributed by atoms with Crippen LogP contribution in [0, 0.1) is 5.82 Å². The second-order valence-electron chi connectivity index (χ2n) is 7.49. The van der Waals surface area contributed by atoms with Crippen LogP contribution in [0.25, 0.3) is 17.1 Å². The number of carbonyl (C=O) groups is 1. The van der Waals surface area contributed by atoms with E-state index in [4.69, 9.17) is 9.47 Å². The molecule has 0 spiro atoms. The maximum atomic E-state index is 13.1. The number of carbonyl (C=O) groups excluding carboxylic acids is 1. The molecule has 1 N–H and O–H groups in total. The molecule has 0 fully saturated rings. The molecule has 9 heteroatoms. The van der Waals surface area contributed by atoms with Crippen LogP contribution in [0.5, 0.6) is 11.5 Å². The van der Waals surface area contributed by atoms with Gasteiger partial charge in [0.2, 0.25) is 5.91 Å². The highest BCUT2D eigenvalue weighted by Gasteiger charge is 2.18. The molecule has 180 valence electrons. The van der Waals surface area contributed by atoms with E-state index in [9.17, 15) is 9.18 Å². The summed E-state index contributed by atoms with van der Waals surface area (Å²) in [6.45, 7) is 2.83. The lowest BCUT2D eigenvalue weighted by atomic mass is 10.2. The summed E-state index contributed by atoms with van der Waals surface area (Å²) >= 11 is 1.28. The van der Waals surface area contributed by atoms with Crippen molar-refractivity contribution in [1.82, 2.24) is 20.1 Å². The van der Waals surface area contributed by atoms with Gasteiger partial charge in [0.1, 0.15) is 17.3 Å². The number of nitrogens with zero attached hydrogens (tertiary/aromatic N) is 3. The second-order valence-corrected chi connectivity index (χ2v) is 8.43. The number of aromatic nitrogens is 3. The molecule has 0 unspecified atom stereocenters. The summed E-state index contributed by atoms with van der Waals surface area (Å²) in [6, 6.07) is 21.2. The standard InChI is InChI=1S/C26H25FN4O3S/c1-3-34-22-13-11-21(12-14-22)31-25(19-5-4-6-23(15-19)33-2)29-30-26(31)35-17-24(32)28-16-18-7-9-20(27)10-8-18/h4-15H,3,16-17H2,1-2H3,(H,28,32). The van der Waals surface area contributed by atoms with Crippen LogP contribution in [0.15, 0.2) is 78.0 Å². The zero-order chi connectivity index (χ0) is 24.6. The molecule has 0 saturated heterocycles. The molecule has 7 nitrogen and oxygen atoms in total. The van der Waals surface area contributed by atoms with E-state index in [0.717, 1.165) is 22.6 Å². The fraction of sp³-hybridized carbons (Fsp3) is 0.192. The maximum Gasteiger partial charge on any atom is 0.230 e. The highest BCUT2D eigenvalue weighted by atomic mass is 32.2. The monoisotopic (exact) mass is 492 g/mol. The number of ether oxygens (including phenoxy) is 2. The van der Waals surface area contributed by atoms with Gasteiger partial charge < -0.3 is 14.8 Å². The molecule has 0 bridgehead atoms. The summed E-state index contributed by atoms with van der Waals surface area (Å²) in [6.07, 6.45) is 0. The van der Waals surface area contributed by atoms with Gasteiger partial charge in [0, 0.05) is 17.8 Å². The van der Waals surface area contributed by atoms with Crippen molar-refractivity contribution in [1.29, 1.82) is 0 Å². The first-order valence-corrected chi connectivity index (χ1v) is 12.0. The van der Waals surface area contributed by atoms with Crippen LogP contribution in [0.2, 0.25) is 0 Å². The molecular weight excluding hydrogens is 467 g/mol. The fourth-order valence-corrected chi connectivity index (χ4v) is 4.17. The predicted molar refractivity (Wildman–Crippen MR) is 133 cm³/mol. The number of amides is 1. The van der Waals surface area contributed by atoms with E-state index >= 15 is 0 Å². The Labute approximate surface area is 207 Å². The van der Waals surface area contributed by atoms with Crippen molar-refractivity contribution >= 4 is 17.7 Å². The molecule has 3 aromatic carbocycles. The summed E-state index contributed by atoms with van der Waals surface area (Å²) < 4.78 is 25.9. The lowest BCUT2D eigenvalue weighted by Gasteiger charge is -2.12. The number of hydrogen-bond donors (Lipinski definition) is 1. The molecule has 0 radical (unpaired) electrons. The molecule has 1 heterocycles. The van der Waals surface area contributed by atoms with E-state index in [1.165, 1.54) is 23.9 Å². The van der Waals surface area contributed by atoms with Crippen LogP contribution < -0.4 is 14.8 Å². The minimum Gasteiger partial charge on any atom is -0.497 e. The first-order chi connectivity index (χ1) is 17.1. The van der Waals surface area contributed by atoms with Crippen LogP contribution in [0.4, 0.5) is 4.39 Å². The van der Waals surface area contributed by atoms with E-state index in [1.54, 1.807) is 19.2 Å². The normalized spacial score (nSPS) is 10.7. The minimum absolute atomic E-state index is 0.147. The summed E-state index contributed by atoms with van der Waals surface area (Å²) in [5.74, 6) is 1.77. The van der Waals surface area contributed by atoms with Gasteiger partial charge in [0.25, 0.3) is 0 Å². The van der Waals surface area contributed by atoms with Crippen molar-refractivity contribution in [3.63, 3.8) is 0 Å². The molecule has 1 aromatic heterocycles. The molecule has 4 rings (SSSR count). The average molecular weight is 493 g/mol. The highest BCUT2D eigenvalue weighted by Crippen LogP contribution is 2.30. The quantitative estimate of drug-likeness (QED) is 0.318. The number of nitrogens with one attached hydrogen (secondary N) is 1. The lowest BCUT2D eigenvalue weighted by molar-refractivity contribution is -0.118. The average Bonchev–Trinajstić information content (AvgIpc) is 3.32. The molecule has 0 aliphatic carbocycles. The van der Waals surface area contributed by atoms with Crippen LogP contribution >= 0.6 is 11.8 Å². The van der Waals surface area contributed by atoms with Gasteiger partial charge >= 0.3 is 0 Å². The number of thioether (sulfide) groups is 1. The van der Waals surface area contributed by atoms with Crippen LogP contribution in [0.3, 0.4) is 0 Å². The Hall–Kier alpha value is -3.85. The van der Waals surface area contributed by atoms with Crippen LogP contribution in [0.1, 0.15) is 12.5 Å². The van der Waals surface area contributed by atoms with Crippen LogP contribution in [-0.4, -0.2) is 40.1 Å². The molecule has 4 aromatic rings. The van der Waals surface area contributed by atoms with E-state index in [2.05, 4.69) is 15.5 Å². The molecule has 0 atom stereocenters. The molecule has 0 aliphatic rings. The molecule has 0 saturated carbocycles. The van der Waals surface area contributed by atoms with E-state index in [-0.39, 0.29) is 17.5 Å². The third kappa shape index (κ3) is 6.19. The zero-order valence-corrected chi connectivity index (χ0v) is 20.2. The van der Waals surface area contributed by atoms with Gasteiger partial charge in [-0.05, 0) is 61.0 Å². The smallest absolute Gasteiger partial charge is 0.230 e. The minimum atomic E-state index is -0.309. The van der Waals surface area contributed by atoms with E-state index < -0.39 is 0 Å². The van der Waals surface area contributed by atoms with Gasteiger partial charge in [-0.15, -0.1) is 10.2 Å². The summed E-state index contributed by atoms with van der Waals surface area (Å²) in [4.78, 5) is 12.5. The van der Waals surface area contributed by atoms with E-state index in [0.29, 0.717) is 29.9 Å². The molecule has 1 amide bonds.